The van der Waals surface area contributed by atoms with Gasteiger partial charge in [0.1, 0.15) is 0 Å². The molecule has 1 aromatic rings. The number of amides is 1. The Hall–Kier alpha value is -1.50. The van der Waals surface area contributed by atoms with E-state index in [0.29, 0.717) is 39.1 Å². The van der Waals surface area contributed by atoms with Crippen molar-refractivity contribution in [1.82, 2.24) is 5.32 Å². The molecule has 3 rings (SSSR count). The number of carbonyl (C=O) groups excluding carboxylic acids is 1. The van der Waals surface area contributed by atoms with Crippen LogP contribution in [0.3, 0.4) is 0 Å². The maximum absolute atomic E-state index is 12.0. The Kier molecular flexibility index (Phi) is 6.71. The standard InChI is InChI=1S/C17H24N2O4.ClH/c18-7-1-2-16(20)19-11-17(5-8-21-9-6-17)13-3-4-14-15(10-13)23-12-22-14;/h3-4,10H,1-2,5-9,11-12,18H2,(H,19,20);1H. The first-order valence-corrected chi connectivity index (χ1v) is 8.18. The number of ether oxygens (including phenoxy) is 3. The van der Waals surface area contributed by atoms with Gasteiger partial charge in [-0.2, -0.15) is 0 Å². The molecular formula is C17H25ClN2O4. The fourth-order valence-corrected chi connectivity index (χ4v) is 3.17. The van der Waals surface area contributed by atoms with Crippen LogP contribution in [0.15, 0.2) is 18.2 Å². The summed E-state index contributed by atoms with van der Waals surface area (Å²) in [6.07, 6.45) is 2.95. The normalized spacial score (nSPS) is 17.9. The number of hydrogen-bond acceptors (Lipinski definition) is 5. The highest BCUT2D eigenvalue weighted by Gasteiger charge is 2.36. The summed E-state index contributed by atoms with van der Waals surface area (Å²) in [5, 5.41) is 3.07. The highest BCUT2D eigenvalue weighted by molar-refractivity contribution is 5.85. The third kappa shape index (κ3) is 4.12. The summed E-state index contributed by atoms with van der Waals surface area (Å²) >= 11 is 0. The van der Waals surface area contributed by atoms with Crippen LogP contribution in [0.25, 0.3) is 0 Å². The van der Waals surface area contributed by atoms with Gasteiger partial charge in [0.2, 0.25) is 12.7 Å². The van der Waals surface area contributed by atoms with Crippen molar-refractivity contribution in [3.05, 3.63) is 23.8 Å². The molecule has 1 aromatic carbocycles. The number of rotatable bonds is 6. The van der Waals surface area contributed by atoms with E-state index >= 15 is 0 Å². The van der Waals surface area contributed by atoms with Crippen LogP contribution in [0.2, 0.25) is 0 Å². The second kappa shape index (κ2) is 8.55. The van der Waals surface area contributed by atoms with E-state index in [2.05, 4.69) is 11.4 Å². The largest absolute Gasteiger partial charge is 0.454 e. The summed E-state index contributed by atoms with van der Waals surface area (Å²) in [6.45, 7) is 2.82. The van der Waals surface area contributed by atoms with Gasteiger partial charge in [-0.05, 0) is 43.5 Å². The lowest BCUT2D eigenvalue weighted by molar-refractivity contribution is -0.121. The average molecular weight is 357 g/mol. The van der Waals surface area contributed by atoms with Gasteiger partial charge in [0, 0.05) is 31.6 Å². The lowest BCUT2D eigenvalue weighted by atomic mass is 9.74. The van der Waals surface area contributed by atoms with Gasteiger partial charge in [-0.3, -0.25) is 4.79 Å². The first kappa shape index (κ1) is 18.8. The Morgan fingerprint density at radius 3 is 2.71 bits per heavy atom. The maximum atomic E-state index is 12.0. The second-order valence-corrected chi connectivity index (χ2v) is 6.13. The van der Waals surface area contributed by atoms with E-state index < -0.39 is 0 Å². The molecule has 0 aliphatic carbocycles. The van der Waals surface area contributed by atoms with E-state index in [0.717, 1.165) is 24.3 Å². The number of fused-ring (bicyclic) bond motifs is 1. The molecule has 2 aliphatic rings. The molecule has 0 saturated carbocycles. The Morgan fingerprint density at radius 1 is 1.21 bits per heavy atom. The first-order valence-electron chi connectivity index (χ1n) is 8.18. The minimum Gasteiger partial charge on any atom is -0.454 e. The fraction of sp³-hybridized carbons (Fsp3) is 0.588. The highest BCUT2D eigenvalue weighted by atomic mass is 35.5. The summed E-state index contributed by atoms with van der Waals surface area (Å²) in [5.41, 5.74) is 6.52. The van der Waals surface area contributed by atoms with Crippen molar-refractivity contribution in [1.29, 1.82) is 0 Å². The van der Waals surface area contributed by atoms with Crippen molar-refractivity contribution in [3.8, 4) is 11.5 Å². The van der Waals surface area contributed by atoms with Gasteiger partial charge >= 0.3 is 0 Å². The van der Waals surface area contributed by atoms with Crippen LogP contribution in [0.4, 0.5) is 0 Å². The summed E-state index contributed by atoms with van der Waals surface area (Å²) in [5.74, 6) is 1.62. The average Bonchev–Trinajstić information content (AvgIpc) is 3.06. The molecule has 134 valence electrons. The Bertz CT molecular complexity index is 562. The second-order valence-electron chi connectivity index (χ2n) is 6.13. The van der Waals surface area contributed by atoms with Gasteiger partial charge in [-0.25, -0.2) is 0 Å². The van der Waals surface area contributed by atoms with Crippen molar-refractivity contribution in [2.24, 2.45) is 5.73 Å². The molecule has 2 heterocycles. The van der Waals surface area contributed by atoms with Gasteiger partial charge < -0.3 is 25.3 Å². The van der Waals surface area contributed by atoms with Gasteiger partial charge in [0.15, 0.2) is 11.5 Å². The Morgan fingerprint density at radius 2 is 1.96 bits per heavy atom. The monoisotopic (exact) mass is 356 g/mol. The van der Waals surface area contributed by atoms with Crippen LogP contribution >= 0.6 is 12.4 Å². The summed E-state index contributed by atoms with van der Waals surface area (Å²) < 4.78 is 16.4. The Balaban J connectivity index is 0.00000208. The van der Waals surface area contributed by atoms with Crippen LogP contribution in [0.5, 0.6) is 11.5 Å². The van der Waals surface area contributed by atoms with Gasteiger partial charge in [0.05, 0.1) is 0 Å². The zero-order chi connectivity index (χ0) is 16.1. The first-order chi connectivity index (χ1) is 11.2. The topological polar surface area (TPSA) is 82.8 Å². The molecule has 0 aromatic heterocycles. The fourth-order valence-electron chi connectivity index (χ4n) is 3.17. The molecule has 0 unspecified atom stereocenters. The summed E-state index contributed by atoms with van der Waals surface area (Å²) in [7, 11) is 0. The lowest BCUT2D eigenvalue weighted by Gasteiger charge is -2.38. The molecule has 1 amide bonds. The molecule has 2 aliphatic heterocycles. The van der Waals surface area contributed by atoms with Crippen LogP contribution in [-0.4, -0.2) is 39.0 Å². The van der Waals surface area contributed by atoms with Crippen LogP contribution in [0.1, 0.15) is 31.2 Å². The third-order valence-electron chi connectivity index (χ3n) is 4.67. The molecule has 1 fully saturated rings. The van der Waals surface area contributed by atoms with Crippen molar-refractivity contribution >= 4 is 18.3 Å². The highest BCUT2D eigenvalue weighted by Crippen LogP contribution is 2.40. The van der Waals surface area contributed by atoms with Crippen LogP contribution in [0, 0.1) is 0 Å². The predicted molar refractivity (Wildman–Crippen MR) is 92.8 cm³/mol. The van der Waals surface area contributed by atoms with E-state index in [-0.39, 0.29) is 30.5 Å². The van der Waals surface area contributed by atoms with Gasteiger partial charge in [0.25, 0.3) is 0 Å². The number of halogens is 1. The number of nitrogens with two attached hydrogens (primary N) is 1. The lowest BCUT2D eigenvalue weighted by Crippen LogP contribution is -2.44. The number of benzene rings is 1. The molecule has 7 heteroatoms. The minimum absolute atomic E-state index is 0. The van der Waals surface area contributed by atoms with Crippen molar-refractivity contribution in [2.45, 2.75) is 31.1 Å². The molecular weight excluding hydrogens is 332 g/mol. The van der Waals surface area contributed by atoms with E-state index in [4.69, 9.17) is 19.9 Å². The van der Waals surface area contributed by atoms with Crippen LogP contribution < -0.4 is 20.5 Å². The van der Waals surface area contributed by atoms with Crippen molar-refractivity contribution in [3.63, 3.8) is 0 Å². The molecule has 1 saturated heterocycles. The predicted octanol–water partition coefficient (Wildman–Crippen LogP) is 1.74. The maximum Gasteiger partial charge on any atom is 0.231 e. The molecule has 0 atom stereocenters. The SMILES string of the molecule is Cl.NCCCC(=O)NCC1(c2ccc3c(c2)OCO3)CCOCC1. The van der Waals surface area contributed by atoms with Gasteiger partial charge in [-0.15, -0.1) is 12.4 Å². The molecule has 6 nitrogen and oxygen atoms in total. The van der Waals surface area contributed by atoms with Crippen molar-refractivity contribution in [2.75, 3.05) is 33.1 Å². The molecule has 0 spiro atoms. The molecule has 3 N–H and O–H groups in total. The minimum atomic E-state index is -0.113. The molecule has 24 heavy (non-hydrogen) atoms. The van der Waals surface area contributed by atoms with Crippen molar-refractivity contribution < 1.29 is 19.0 Å². The van der Waals surface area contributed by atoms with E-state index in [1.54, 1.807) is 0 Å². The summed E-state index contributed by atoms with van der Waals surface area (Å²) in [6, 6.07) is 6.07. The Labute approximate surface area is 148 Å². The van der Waals surface area contributed by atoms with E-state index in [1.807, 2.05) is 12.1 Å². The summed E-state index contributed by atoms with van der Waals surface area (Å²) in [4.78, 5) is 12.0. The third-order valence-corrected chi connectivity index (χ3v) is 4.67. The number of carbonyl (C=O) groups is 1. The van der Waals surface area contributed by atoms with E-state index in [1.165, 1.54) is 5.56 Å². The zero-order valence-corrected chi connectivity index (χ0v) is 14.5. The molecule has 0 bridgehead atoms. The smallest absolute Gasteiger partial charge is 0.231 e. The van der Waals surface area contributed by atoms with E-state index in [9.17, 15) is 4.79 Å². The van der Waals surface area contributed by atoms with Gasteiger partial charge in [-0.1, -0.05) is 6.07 Å². The zero-order valence-electron chi connectivity index (χ0n) is 13.7. The molecule has 0 radical (unpaired) electrons. The number of nitrogens with one attached hydrogen (secondary N) is 1. The number of hydrogen-bond donors (Lipinski definition) is 2. The van der Waals surface area contributed by atoms with Crippen LogP contribution in [-0.2, 0) is 14.9 Å². The quantitative estimate of drug-likeness (QED) is 0.811.